The highest BCUT2D eigenvalue weighted by atomic mass is 32.2. The van der Waals surface area contributed by atoms with Gasteiger partial charge >= 0.3 is 0 Å². The minimum Gasteiger partial charge on any atom is -0.297 e. The molecule has 6 heteroatoms. The molecule has 2 aromatic carbocycles. The summed E-state index contributed by atoms with van der Waals surface area (Å²) in [6, 6.07) is 17.3. The van der Waals surface area contributed by atoms with Gasteiger partial charge in [-0.05, 0) is 23.8 Å². The topological polar surface area (TPSA) is 82.8 Å². The van der Waals surface area contributed by atoms with Crippen LogP contribution in [-0.2, 0) is 9.84 Å². The molecule has 0 bridgehead atoms. The van der Waals surface area contributed by atoms with Crippen LogP contribution < -0.4 is 16.1 Å². The molecule has 0 unspecified atom stereocenters. The number of hydrogen-bond acceptors (Lipinski definition) is 3. The lowest BCUT2D eigenvalue weighted by molar-refractivity contribution is 0.607. The molecule has 0 aliphatic rings. The van der Waals surface area contributed by atoms with Crippen molar-refractivity contribution in [1.82, 2.24) is 10.2 Å². The van der Waals surface area contributed by atoms with Crippen LogP contribution in [0, 0.1) is 0 Å². The zero-order chi connectivity index (χ0) is 16.3. The summed E-state index contributed by atoms with van der Waals surface area (Å²) in [7, 11) is -3.65. The third kappa shape index (κ3) is 3.32. The summed E-state index contributed by atoms with van der Waals surface area (Å²) in [5.74, 6) is 0. The average molecular weight is 326 g/mol. The Morgan fingerprint density at radius 1 is 0.826 bits per heavy atom. The first-order valence-corrected chi connectivity index (χ1v) is 8.46. The van der Waals surface area contributed by atoms with E-state index in [4.69, 9.17) is 0 Å². The predicted molar refractivity (Wildman–Crippen MR) is 88.8 cm³/mol. The van der Waals surface area contributed by atoms with Gasteiger partial charge in [-0.2, -0.15) is 0 Å². The van der Waals surface area contributed by atoms with Crippen LogP contribution in [0.1, 0.15) is 5.56 Å². The van der Waals surface area contributed by atoms with Gasteiger partial charge in [-0.3, -0.25) is 15.0 Å². The maximum Gasteiger partial charge on any atom is 0.271 e. The molecular formula is C17H14N2O3S. The maximum atomic E-state index is 12.4. The van der Waals surface area contributed by atoms with Crippen LogP contribution in [0.25, 0.3) is 11.5 Å². The third-order valence-electron chi connectivity index (χ3n) is 3.30. The number of sulfone groups is 1. The van der Waals surface area contributed by atoms with Crippen molar-refractivity contribution in [1.29, 1.82) is 0 Å². The lowest BCUT2D eigenvalue weighted by Gasteiger charge is -1.96. The van der Waals surface area contributed by atoms with E-state index in [-0.39, 0.29) is 21.0 Å². The molecule has 0 amide bonds. The molecule has 1 heterocycles. The highest BCUT2D eigenvalue weighted by molar-refractivity contribution is 7.98. The minimum absolute atomic E-state index is 0.174. The van der Waals surface area contributed by atoms with Crippen LogP contribution in [0.3, 0.4) is 0 Å². The summed E-state index contributed by atoms with van der Waals surface area (Å²) in [5.41, 5.74) is 0.438. The van der Waals surface area contributed by atoms with E-state index in [0.717, 1.165) is 11.0 Å². The van der Waals surface area contributed by atoms with E-state index in [1.54, 1.807) is 24.3 Å². The molecule has 3 aromatic rings. The van der Waals surface area contributed by atoms with Gasteiger partial charge in [0.15, 0.2) is 0 Å². The summed E-state index contributed by atoms with van der Waals surface area (Å²) < 4.78 is 24.8. The summed E-state index contributed by atoms with van der Waals surface area (Å²) in [6.07, 6.45) is 1.64. The Bertz CT molecular complexity index is 1080. The highest BCUT2D eigenvalue weighted by Crippen LogP contribution is 2.10. The van der Waals surface area contributed by atoms with Crippen molar-refractivity contribution in [2.24, 2.45) is 0 Å². The third-order valence-corrected chi connectivity index (χ3v) is 4.78. The Morgan fingerprint density at radius 3 is 2.09 bits per heavy atom. The Labute approximate surface area is 132 Å². The quantitative estimate of drug-likeness (QED) is 0.745. The van der Waals surface area contributed by atoms with Crippen LogP contribution in [-0.4, -0.2) is 18.6 Å². The first-order valence-electron chi connectivity index (χ1n) is 6.91. The molecule has 116 valence electrons. The number of rotatable bonds is 3. The average Bonchev–Trinajstić information content (AvgIpc) is 2.89. The van der Waals surface area contributed by atoms with Gasteiger partial charge in [0.2, 0.25) is 9.84 Å². The first kappa shape index (κ1) is 15.1. The van der Waals surface area contributed by atoms with E-state index in [1.165, 1.54) is 12.1 Å². The molecule has 0 saturated heterocycles. The number of benzene rings is 2. The van der Waals surface area contributed by atoms with Crippen LogP contribution in [0.5, 0.6) is 0 Å². The van der Waals surface area contributed by atoms with Gasteiger partial charge in [0.05, 0.1) is 20.9 Å². The molecule has 5 nitrogen and oxygen atoms in total. The van der Waals surface area contributed by atoms with Crippen LogP contribution in [0.2, 0.25) is 0 Å². The lowest BCUT2D eigenvalue weighted by Crippen LogP contribution is -2.34. The Morgan fingerprint density at radius 2 is 1.43 bits per heavy atom. The molecule has 2 N–H and O–H groups in total. The van der Waals surface area contributed by atoms with Gasteiger partial charge in [-0.25, -0.2) is 8.42 Å². The first-order chi connectivity index (χ1) is 11.1. The largest absolute Gasteiger partial charge is 0.297 e. The molecule has 0 radical (unpaired) electrons. The molecule has 0 atom stereocenters. The fourth-order valence-electron chi connectivity index (χ4n) is 2.17. The normalized spacial score (nSPS) is 13.4. The Hall–Kier alpha value is -2.86. The van der Waals surface area contributed by atoms with Crippen molar-refractivity contribution in [3.05, 3.63) is 87.1 Å². The van der Waals surface area contributed by atoms with E-state index in [1.807, 2.05) is 30.3 Å². The van der Waals surface area contributed by atoms with Crippen molar-refractivity contribution in [3.63, 3.8) is 0 Å². The SMILES string of the molecule is O=c1[nH][nH]c(=C\S(=O)(=O)c2ccccc2)/c1=C\c1ccccc1. The van der Waals surface area contributed by atoms with Crippen LogP contribution in [0.15, 0.2) is 70.4 Å². The van der Waals surface area contributed by atoms with Crippen molar-refractivity contribution in [2.45, 2.75) is 4.90 Å². The monoisotopic (exact) mass is 326 g/mol. The second kappa shape index (κ2) is 6.10. The number of aromatic amines is 2. The zero-order valence-electron chi connectivity index (χ0n) is 12.1. The fourth-order valence-corrected chi connectivity index (χ4v) is 3.34. The zero-order valence-corrected chi connectivity index (χ0v) is 12.9. The smallest absolute Gasteiger partial charge is 0.271 e. The van der Waals surface area contributed by atoms with Gasteiger partial charge in [0.1, 0.15) is 0 Å². The number of hydrogen-bond donors (Lipinski definition) is 2. The summed E-state index contributed by atoms with van der Waals surface area (Å²) >= 11 is 0. The summed E-state index contributed by atoms with van der Waals surface area (Å²) in [5, 5.41) is 6.60. The molecule has 0 saturated carbocycles. The maximum absolute atomic E-state index is 12.4. The second-order valence-corrected chi connectivity index (χ2v) is 6.73. The van der Waals surface area contributed by atoms with Crippen molar-refractivity contribution < 1.29 is 8.42 Å². The van der Waals surface area contributed by atoms with Crippen molar-refractivity contribution >= 4 is 21.3 Å². The molecule has 1 aromatic heterocycles. The fraction of sp³-hybridized carbons (Fsp3) is 0. The number of nitrogens with one attached hydrogen (secondary N) is 2. The lowest BCUT2D eigenvalue weighted by atomic mass is 10.2. The van der Waals surface area contributed by atoms with E-state index >= 15 is 0 Å². The van der Waals surface area contributed by atoms with E-state index in [0.29, 0.717) is 0 Å². The second-order valence-electron chi connectivity index (χ2n) is 4.94. The molecule has 3 rings (SSSR count). The molecule has 0 fully saturated rings. The number of H-pyrrole nitrogens is 2. The van der Waals surface area contributed by atoms with Gasteiger partial charge in [0.25, 0.3) is 5.56 Å². The summed E-state index contributed by atoms with van der Waals surface area (Å²) in [4.78, 5) is 12.1. The van der Waals surface area contributed by atoms with Gasteiger partial charge in [-0.1, -0.05) is 48.5 Å². The van der Waals surface area contributed by atoms with Gasteiger partial charge < -0.3 is 0 Å². The van der Waals surface area contributed by atoms with E-state index in [9.17, 15) is 13.2 Å². The van der Waals surface area contributed by atoms with E-state index < -0.39 is 9.84 Å². The van der Waals surface area contributed by atoms with Crippen LogP contribution >= 0.6 is 0 Å². The molecule has 0 aliphatic heterocycles. The molecule has 0 aliphatic carbocycles. The standard InChI is InChI=1S/C17H14N2O3S/c20-17-15(11-13-7-3-1-4-8-13)16(18-19-17)12-23(21,22)14-9-5-2-6-10-14/h1-12,18H,(H,19,20)/b15-11+,16-12-. The Balaban J connectivity index is 2.20. The Kier molecular flexibility index (Phi) is 3.99. The van der Waals surface area contributed by atoms with E-state index in [2.05, 4.69) is 10.2 Å². The molecule has 23 heavy (non-hydrogen) atoms. The minimum atomic E-state index is -3.65. The van der Waals surface area contributed by atoms with Crippen molar-refractivity contribution in [3.8, 4) is 0 Å². The molecular weight excluding hydrogens is 312 g/mol. The number of aromatic nitrogens is 2. The van der Waals surface area contributed by atoms with Gasteiger partial charge in [0, 0.05) is 0 Å². The highest BCUT2D eigenvalue weighted by Gasteiger charge is 2.10. The summed E-state index contributed by atoms with van der Waals surface area (Å²) in [6.45, 7) is 0. The molecule has 0 spiro atoms. The predicted octanol–water partition coefficient (Wildman–Crippen LogP) is 0.744. The van der Waals surface area contributed by atoms with Crippen LogP contribution in [0.4, 0.5) is 0 Å². The van der Waals surface area contributed by atoms with Gasteiger partial charge in [-0.15, -0.1) is 0 Å². The van der Waals surface area contributed by atoms with Crippen molar-refractivity contribution in [2.75, 3.05) is 0 Å².